The SMILES string of the molecule is NC(=O)CCNC(=O)NCc1cccc(Oc2ccccc2)c1. The van der Waals surface area contributed by atoms with Gasteiger partial charge >= 0.3 is 6.03 Å². The van der Waals surface area contributed by atoms with Gasteiger partial charge in [-0.25, -0.2) is 4.79 Å². The second kappa shape index (κ2) is 8.43. The summed E-state index contributed by atoms with van der Waals surface area (Å²) in [7, 11) is 0. The Morgan fingerprint density at radius 3 is 2.43 bits per heavy atom. The number of nitrogens with one attached hydrogen (secondary N) is 2. The number of amides is 3. The first-order valence-electron chi connectivity index (χ1n) is 7.25. The lowest BCUT2D eigenvalue weighted by molar-refractivity contribution is -0.117. The van der Waals surface area contributed by atoms with Crippen LogP contribution in [-0.4, -0.2) is 18.5 Å². The summed E-state index contributed by atoms with van der Waals surface area (Å²) >= 11 is 0. The maximum absolute atomic E-state index is 11.6. The van der Waals surface area contributed by atoms with E-state index in [-0.39, 0.29) is 19.0 Å². The van der Waals surface area contributed by atoms with E-state index in [1.54, 1.807) is 0 Å². The number of para-hydroxylation sites is 1. The Labute approximate surface area is 134 Å². The number of carbonyl (C=O) groups is 2. The molecule has 0 atom stereocenters. The molecule has 3 amide bonds. The highest BCUT2D eigenvalue weighted by Crippen LogP contribution is 2.21. The van der Waals surface area contributed by atoms with Crippen molar-refractivity contribution in [1.82, 2.24) is 10.6 Å². The average molecular weight is 313 g/mol. The number of ether oxygens (including phenoxy) is 1. The molecule has 0 aliphatic heterocycles. The Bertz CT molecular complexity index is 659. The number of carbonyl (C=O) groups excluding carboxylic acids is 2. The molecule has 6 nitrogen and oxygen atoms in total. The Hall–Kier alpha value is -3.02. The molecular formula is C17H19N3O3. The summed E-state index contributed by atoms with van der Waals surface area (Å²) in [6.45, 7) is 0.576. The maximum atomic E-state index is 11.6. The lowest BCUT2D eigenvalue weighted by Crippen LogP contribution is -2.36. The van der Waals surface area contributed by atoms with Gasteiger partial charge in [0.2, 0.25) is 5.91 Å². The predicted octanol–water partition coefficient (Wildman–Crippen LogP) is 2.15. The summed E-state index contributed by atoms with van der Waals surface area (Å²) in [5.41, 5.74) is 5.91. The summed E-state index contributed by atoms with van der Waals surface area (Å²) in [6, 6.07) is 16.6. The van der Waals surface area contributed by atoms with Crippen LogP contribution in [0.2, 0.25) is 0 Å². The van der Waals surface area contributed by atoms with E-state index in [4.69, 9.17) is 10.5 Å². The van der Waals surface area contributed by atoms with Crippen molar-refractivity contribution in [2.24, 2.45) is 5.73 Å². The highest BCUT2D eigenvalue weighted by Gasteiger charge is 2.03. The normalized spacial score (nSPS) is 9.91. The van der Waals surface area contributed by atoms with E-state index in [2.05, 4.69) is 10.6 Å². The molecule has 0 saturated carbocycles. The van der Waals surface area contributed by atoms with Crippen LogP contribution in [0, 0.1) is 0 Å². The summed E-state index contributed by atoms with van der Waals surface area (Å²) in [5.74, 6) is 1.00. The van der Waals surface area contributed by atoms with E-state index >= 15 is 0 Å². The number of primary amides is 1. The van der Waals surface area contributed by atoms with Crippen LogP contribution in [0.3, 0.4) is 0 Å². The number of benzene rings is 2. The fourth-order valence-electron chi connectivity index (χ4n) is 1.89. The molecule has 23 heavy (non-hydrogen) atoms. The highest BCUT2D eigenvalue weighted by atomic mass is 16.5. The molecular weight excluding hydrogens is 294 g/mol. The fraction of sp³-hybridized carbons (Fsp3) is 0.176. The van der Waals surface area contributed by atoms with Gasteiger partial charge in [0.25, 0.3) is 0 Å². The van der Waals surface area contributed by atoms with Gasteiger partial charge in [0.15, 0.2) is 0 Å². The van der Waals surface area contributed by atoms with Gasteiger partial charge in [-0.15, -0.1) is 0 Å². The van der Waals surface area contributed by atoms with Crippen molar-refractivity contribution in [2.75, 3.05) is 6.54 Å². The Balaban J connectivity index is 1.83. The van der Waals surface area contributed by atoms with Gasteiger partial charge in [-0.2, -0.15) is 0 Å². The second-order valence-electron chi connectivity index (χ2n) is 4.89. The number of nitrogens with two attached hydrogens (primary N) is 1. The van der Waals surface area contributed by atoms with Crippen LogP contribution in [0.1, 0.15) is 12.0 Å². The molecule has 120 valence electrons. The lowest BCUT2D eigenvalue weighted by Gasteiger charge is -2.09. The van der Waals surface area contributed by atoms with E-state index in [9.17, 15) is 9.59 Å². The summed E-state index contributed by atoms with van der Waals surface area (Å²) in [5, 5.41) is 5.26. The standard InChI is InChI=1S/C17H19N3O3/c18-16(21)9-10-19-17(22)20-12-13-5-4-8-15(11-13)23-14-6-2-1-3-7-14/h1-8,11H,9-10,12H2,(H2,18,21)(H2,19,20,22). The molecule has 0 aromatic heterocycles. The topological polar surface area (TPSA) is 93.5 Å². The third kappa shape index (κ3) is 6.09. The van der Waals surface area contributed by atoms with Crippen LogP contribution < -0.4 is 21.1 Å². The van der Waals surface area contributed by atoms with E-state index in [1.165, 1.54) is 0 Å². The van der Waals surface area contributed by atoms with Crippen molar-refractivity contribution >= 4 is 11.9 Å². The number of urea groups is 1. The molecule has 0 saturated heterocycles. The van der Waals surface area contributed by atoms with E-state index in [1.807, 2.05) is 54.6 Å². The van der Waals surface area contributed by atoms with Crippen molar-refractivity contribution < 1.29 is 14.3 Å². The summed E-state index contributed by atoms with van der Waals surface area (Å²) < 4.78 is 5.74. The van der Waals surface area contributed by atoms with Gasteiger partial charge < -0.3 is 21.1 Å². The summed E-state index contributed by atoms with van der Waals surface area (Å²) in [6.07, 6.45) is 0.119. The first-order chi connectivity index (χ1) is 11.1. The number of hydrogen-bond donors (Lipinski definition) is 3. The first kappa shape index (κ1) is 16.4. The third-order valence-electron chi connectivity index (χ3n) is 2.99. The molecule has 0 fully saturated rings. The molecule has 6 heteroatoms. The van der Waals surface area contributed by atoms with Crippen LogP contribution in [0.15, 0.2) is 54.6 Å². The zero-order valence-corrected chi connectivity index (χ0v) is 12.6. The van der Waals surface area contributed by atoms with Crippen molar-refractivity contribution in [3.63, 3.8) is 0 Å². The average Bonchev–Trinajstić information content (AvgIpc) is 2.54. The Morgan fingerprint density at radius 2 is 1.70 bits per heavy atom. The quantitative estimate of drug-likeness (QED) is 0.731. The first-order valence-corrected chi connectivity index (χ1v) is 7.25. The number of rotatable bonds is 7. The largest absolute Gasteiger partial charge is 0.457 e. The van der Waals surface area contributed by atoms with Gasteiger partial charge in [-0.05, 0) is 29.8 Å². The molecule has 0 aliphatic carbocycles. The molecule has 2 aromatic carbocycles. The number of hydrogen-bond acceptors (Lipinski definition) is 3. The van der Waals surface area contributed by atoms with Crippen molar-refractivity contribution in [3.05, 3.63) is 60.2 Å². The van der Waals surface area contributed by atoms with Gasteiger partial charge in [0, 0.05) is 19.5 Å². The van der Waals surface area contributed by atoms with Crippen LogP contribution in [0.25, 0.3) is 0 Å². The van der Waals surface area contributed by atoms with Gasteiger partial charge in [0.1, 0.15) is 11.5 Å². The van der Waals surface area contributed by atoms with Gasteiger partial charge in [-0.3, -0.25) is 4.79 Å². The second-order valence-corrected chi connectivity index (χ2v) is 4.89. The van der Waals surface area contributed by atoms with Crippen molar-refractivity contribution in [1.29, 1.82) is 0 Å². The highest BCUT2D eigenvalue weighted by molar-refractivity contribution is 5.76. The van der Waals surface area contributed by atoms with Crippen LogP contribution >= 0.6 is 0 Å². The van der Waals surface area contributed by atoms with Gasteiger partial charge in [-0.1, -0.05) is 30.3 Å². The zero-order valence-electron chi connectivity index (χ0n) is 12.6. The predicted molar refractivity (Wildman–Crippen MR) is 87.0 cm³/mol. The third-order valence-corrected chi connectivity index (χ3v) is 2.99. The van der Waals surface area contributed by atoms with Crippen LogP contribution in [-0.2, 0) is 11.3 Å². The molecule has 2 rings (SSSR count). The molecule has 0 spiro atoms. The lowest BCUT2D eigenvalue weighted by atomic mass is 10.2. The molecule has 0 bridgehead atoms. The van der Waals surface area contributed by atoms with Crippen LogP contribution in [0.4, 0.5) is 4.79 Å². The molecule has 2 aromatic rings. The van der Waals surface area contributed by atoms with Crippen molar-refractivity contribution in [2.45, 2.75) is 13.0 Å². The Morgan fingerprint density at radius 1 is 0.957 bits per heavy atom. The molecule has 0 radical (unpaired) electrons. The molecule has 0 aliphatic rings. The van der Waals surface area contributed by atoms with Crippen LogP contribution in [0.5, 0.6) is 11.5 Å². The van der Waals surface area contributed by atoms with E-state index < -0.39 is 5.91 Å². The zero-order chi connectivity index (χ0) is 16.5. The monoisotopic (exact) mass is 313 g/mol. The minimum Gasteiger partial charge on any atom is -0.457 e. The molecule has 0 heterocycles. The van der Waals surface area contributed by atoms with Crippen molar-refractivity contribution in [3.8, 4) is 11.5 Å². The summed E-state index contributed by atoms with van der Waals surface area (Å²) in [4.78, 5) is 22.2. The van der Waals surface area contributed by atoms with E-state index in [0.717, 1.165) is 11.3 Å². The minimum atomic E-state index is -0.448. The Kier molecular flexibility index (Phi) is 5.99. The van der Waals surface area contributed by atoms with Gasteiger partial charge in [0.05, 0.1) is 0 Å². The molecule has 0 unspecified atom stereocenters. The van der Waals surface area contributed by atoms with E-state index in [0.29, 0.717) is 12.3 Å². The minimum absolute atomic E-state index is 0.119. The fourth-order valence-corrected chi connectivity index (χ4v) is 1.89. The molecule has 4 N–H and O–H groups in total. The smallest absolute Gasteiger partial charge is 0.315 e. The maximum Gasteiger partial charge on any atom is 0.315 e.